The molecule has 0 saturated heterocycles. The first-order chi connectivity index (χ1) is 14.3. The van der Waals surface area contributed by atoms with Crippen LogP contribution in [0.15, 0.2) is 100.0 Å². The van der Waals surface area contributed by atoms with Crippen molar-refractivity contribution in [3.63, 3.8) is 0 Å². The summed E-state index contributed by atoms with van der Waals surface area (Å²) in [6.45, 7) is 2.43. The third kappa shape index (κ3) is 3.87. The monoisotopic (exact) mass is 384 g/mol. The highest BCUT2D eigenvalue weighted by Gasteiger charge is 2.17. The molecule has 1 aromatic heterocycles. The van der Waals surface area contributed by atoms with Crippen molar-refractivity contribution in [2.75, 3.05) is 6.61 Å². The minimum Gasteiger partial charge on any atom is -0.492 e. The fraction of sp³-hybridized carbons (Fsp3) is 0.0870. The predicted octanol–water partition coefficient (Wildman–Crippen LogP) is 5.65. The van der Waals surface area contributed by atoms with E-state index in [0.717, 1.165) is 11.3 Å². The van der Waals surface area contributed by atoms with Crippen LogP contribution in [0.3, 0.4) is 0 Å². The van der Waals surface area contributed by atoms with Crippen molar-refractivity contribution in [2.24, 2.45) is 10.2 Å². The summed E-state index contributed by atoms with van der Waals surface area (Å²) in [6, 6.07) is 26.3. The number of azo groups is 1. The van der Waals surface area contributed by atoms with Crippen LogP contribution in [0.5, 0.6) is 5.75 Å². The molecule has 144 valence electrons. The van der Waals surface area contributed by atoms with Gasteiger partial charge in [-0.1, -0.05) is 60.7 Å². The largest absolute Gasteiger partial charge is 0.492 e. The topological polar surface area (TPSA) is 71.7 Å². The number of hydrogen-bond acceptors (Lipinski definition) is 4. The Balaban J connectivity index is 1.84. The molecule has 0 aliphatic rings. The SMILES string of the molecule is CCOc1ccccc1N=Nc1c(-c2ccccc2)[nH]n(-c2ccccc2)c1=O. The second-order valence-electron chi connectivity index (χ2n) is 6.28. The van der Waals surface area contributed by atoms with E-state index in [1.807, 2.05) is 85.8 Å². The smallest absolute Gasteiger partial charge is 0.299 e. The van der Waals surface area contributed by atoms with Gasteiger partial charge in [-0.15, -0.1) is 10.2 Å². The van der Waals surface area contributed by atoms with Gasteiger partial charge in [0.15, 0.2) is 5.69 Å². The molecule has 0 spiro atoms. The van der Waals surface area contributed by atoms with E-state index >= 15 is 0 Å². The van der Waals surface area contributed by atoms with E-state index in [1.54, 1.807) is 6.07 Å². The number of para-hydroxylation sites is 2. The van der Waals surface area contributed by atoms with Crippen LogP contribution in [0.4, 0.5) is 11.4 Å². The zero-order chi connectivity index (χ0) is 20.1. The van der Waals surface area contributed by atoms with Crippen LogP contribution >= 0.6 is 0 Å². The van der Waals surface area contributed by atoms with E-state index in [9.17, 15) is 4.79 Å². The summed E-state index contributed by atoms with van der Waals surface area (Å²) in [5, 5.41) is 11.8. The molecule has 0 fully saturated rings. The average Bonchev–Trinajstić information content (AvgIpc) is 3.11. The third-order valence-corrected chi connectivity index (χ3v) is 4.37. The Hall–Kier alpha value is -3.93. The van der Waals surface area contributed by atoms with Gasteiger partial charge in [-0.3, -0.25) is 9.89 Å². The van der Waals surface area contributed by atoms with E-state index in [1.165, 1.54) is 4.68 Å². The highest BCUT2D eigenvalue weighted by Crippen LogP contribution is 2.31. The molecule has 4 aromatic rings. The average molecular weight is 384 g/mol. The number of benzene rings is 3. The van der Waals surface area contributed by atoms with Gasteiger partial charge in [-0.2, -0.15) is 0 Å². The normalized spacial score (nSPS) is 11.1. The van der Waals surface area contributed by atoms with Crippen molar-refractivity contribution >= 4 is 11.4 Å². The van der Waals surface area contributed by atoms with Gasteiger partial charge in [0, 0.05) is 5.56 Å². The van der Waals surface area contributed by atoms with Crippen LogP contribution in [-0.2, 0) is 0 Å². The van der Waals surface area contributed by atoms with Crippen LogP contribution in [0.2, 0.25) is 0 Å². The molecule has 6 heteroatoms. The fourth-order valence-electron chi connectivity index (χ4n) is 3.01. The maximum Gasteiger partial charge on any atom is 0.299 e. The molecule has 1 heterocycles. The van der Waals surface area contributed by atoms with Gasteiger partial charge in [0.05, 0.1) is 18.0 Å². The molecule has 0 atom stereocenters. The van der Waals surface area contributed by atoms with Crippen molar-refractivity contribution in [1.82, 2.24) is 9.78 Å². The van der Waals surface area contributed by atoms with Crippen LogP contribution < -0.4 is 10.3 Å². The molecule has 0 aliphatic carbocycles. The van der Waals surface area contributed by atoms with Gasteiger partial charge in [-0.25, -0.2) is 4.68 Å². The van der Waals surface area contributed by atoms with E-state index in [4.69, 9.17) is 4.74 Å². The summed E-state index contributed by atoms with van der Waals surface area (Å²) in [4.78, 5) is 13.1. The van der Waals surface area contributed by atoms with Crippen molar-refractivity contribution in [3.05, 3.63) is 95.3 Å². The van der Waals surface area contributed by atoms with Crippen LogP contribution in [-0.4, -0.2) is 16.4 Å². The quantitative estimate of drug-likeness (QED) is 0.437. The van der Waals surface area contributed by atoms with Gasteiger partial charge in [0.25, 0.3) is 5.56 Å². The zero-order valence-electron chi connectivity index (χ0n) is 15.9. The number of H-pyrrole nitrogens is 1. The maximum absolute atomic E-state index is 13.1. The van der Waals surface area contributed by atoms with E-state index in [-0.39, 0.29) is 11.2 Å². The molecular formula is C23H20N4O2. The number of rotatable bonds is 6. The first-order valence-electron chi connectivity index (χ1n) is 9.37. The van der Waals surface area contributed by atoms with Gasteiger partial charge < -0.3 is 4.74 Å². The molecule has 0 amide bonds. The lowest BCUT2D eigenvalue weighted by molar-refractivity contribution is 0.341. The summed E-state index contributed by atoms with van der Waals surface area (Å²) < 4.78 is 7.08. The lowest BCUT2D eigenvalue weighted by Crippen LogP contribution is -2.13. The zero-order valence-corrected chi connectivity index (χ0v) is 15.9. The van der Waals surface area contributed by atoms with Gasteiger partial charge in [0.2, 0.25) is 0 Å². The number of aromatic amines is 1. The lowest BCUT2D eigenvalue weighted by atomic mass is 10.1. The molecule has 3 aromatic carbocycles. The summed E-state index contributed by atoms with van der Waals surface area (Å²) in [7, 11) is 0. The summed E-state index contributed by atoms with van der Waals surface area (Å²) in [6.07, 6.45) is 0. The highest BCUT2D eigenvalue weighted by atomic mass is 16.5. The minimum absolute atomic E-state index is 0.242. The molecule has 0 aliphatic heterocycles. The van der Waals surface area contributed by atoms with Gasteiger partial charge in [-0.05, 0) is 31.2 Å². The second-order valence-corrected chi connectivity index (χ2v) is 6.28. The fourth-order valence-corrected chi connectivity index (χ4v) is 3.01. The maximum atomic E-state index is 13.1. The Kier molecular flexibility index (Phi) is 5.33. The van der Waals surface area contributed by atoms with Gasteiger partial charge >= 0.3 is 0 Å². The molecule has 29 heavy (non-hydrogen) atoms. The van der Waals surface area contributed by atoms with Crippen molar-refractivity contribution in [3.8, 4) is 22.7 Å². The summed E-state index contributed by atoms with van der Waals surface area (Å²) in [5.74, 6) is 0.624. The van der Waals surface area contributed by atoms with Crippen LogP contribution in [0, 0.1) is 0 Å². The van der Waals surface area contributed by atoms with Crippen LogP contribution in [0.1, 0.15) is 6.92 Å². The van der Waals surface area contributed by atoms with E-state index in [2.05, 4.69) is 15.3 Å². The third-order valence-electron chi connectivity index (χ3n) is 4.37. The standard InChI is InChI=1S/C23H20N4O2/c1-2-29-20-16-10-9-15-19(20)24-25-22-21(17-11-5-3-6-12-17)26-27(23(22)28)18-13-7-4-8-14-18/h3-16,26H,2H2,1H3. The number of aromatic nitrogens is 2. The van der Waals surface area contributed by atoms with Gasteiger partial charge in [0.1, 0.15) is 11.4 Å². The second kappa shape index (κ2) is 8.39. The van der Waals surface area contributed by atoms with E-state index < -0.39 is 0 Å². The minimum atomic E-state index is -0.271. The van der Waals surface area contributed by atoms with E-state index in [0.29, 0.717) is 23.7 Å². The first-order valence-corrected chi connectivity index (χ1v) is 9.37. The first kappa shape index (κ1) is 18.4. The summed E-state index contributed by atoms with van der Waals surface area (Å²) >= 11 is 0. The molecule has 6 nitrogen and oxygen atoms in total. The predicted molar refractivity (Wildman–Crippen MR) is 114 cm³/mol. The van der Waals surface area contributed by atoms with Crippen molar-refractivity contribution < 1.29 is 4.74 Å². The molecule has 4 rings (SSSR count). The van der Waals surface area contributed by atoms with Crippen molar-refractivity contribution in [1.29, 1.82) is 0 Å². The Morgan fingerprint density at radius 2 is 1.52 bits per heavy atom. The van der Waals surface area contributed by atoms with Crippen LogP contribution in [0.25, 0.3) is 16.9 Å². The number of nitrogens with one attached hydrogen (secondary N) is 1. The molecule has 0 unspecified atom stereocenters. The number of ether oxygens (including phenoxy) is 1. The molecule has 0 radical (unpaired) electrons. The number of nitrogens with zero attached hydrogens (tertiary/aromatic N) is 3. The van der Waals surface area contributed by atoms with Crippen molar-refractivity contribution in [2.45, 2.75) is 6.92 Å². The molecular weight excluding hydrogens is 364 g/mol. The Bertz CT molecular complexity index is 1180. The number of hydrogen-bond donors (Lipinski definition) is 1. The Labute approximate surface area is 168 Å². The molecule has 0 bridgehead atoms. The summed E-state index contributed by atoms with van der Waals surface area (Å²) in [5.41, 5.74) is 2.73. The molecule has 1 N–H and O–H groups in total. The lowest BCUT2D eigenvalue weighted by Gasteiger charge is -2.04. The highest BCUT2D eigenvalue weighted by molar-refractivity contribution is 5.72. The Morgan fingerprint density at radius 3 is 2.24 bits per heavy atom. The molecule has 0 saturated carbocycles. The Morgan fingerprint density at radius 1 is 0.862 bits per heavy atom.